The third-order valence-electron chi connectivity index (χ3n) is 6.15. The zero-order valence-corrected chi connectivity index (χ0v) is 17.7. The van der Waals surface area contributed by atoms with Crippen LogP contribution in [0.4, 0.5) is 4.39 Å². The second-order valence-electron chi connectivity index (χ2n) is 8.16. The molecule has 1 atom stereocenters. The number of hydrogen-bond donors (Lipinski definition) is 1. The summed E-state index contributed by atoms with van der Waals surface area (Å²) in [5.74, 6) is -0.156. The number of hydrogen-bond acceptors (Lipinski definition) is 4. The van der Waals surface area contributed by atoms with E-state index in [2.05, 4.69) is 16.5 Å². The summed E-state index contributed by atoms with van der Waals surface area (Å²) in [6.45, 7) is 3.83. The molecule has 4 aromatic rings. The van der Waals surface area contributed by atoms with Gasteiger partial charge in [-0.25, -0.2) is 14.4 Å². The first-order chi connectivity index (χ1) is 15.0. The fourth-order valence-corrected chi connectivity index (χ4v) is 4.56. The van der Waals surface area contributed by atoms with Gasteiger partial charge in [-0.3, -0.25) is 4.79 Å². The van der Waals surface area contributed by atoms with Crippen LogP contribution in [0.25, 0.3) is 33.6 Å². The van der Waals surface area contributed by atoms with Gasteiger partial charge in [0.05, 0.1) is 22.3 Å². The van der Waals surface area contributed by atoms with Crippen LogP contribution in [0, 0.1) is 5.82 Å². The average Bonchev–Trinajstić information content (AvgIpc) is 3.30. The van der Waals surface area contributed by atoms with Crippen molar-refractivity contribution in [2.24, 2.45) is 12.8 Å². The van der Waals surface area contributed by atoms with Crippen LogP contribution in [-0.4, -0.2) is 49.0 Å². The Morgan fingerprint density at radius 3 is 2.94 bits per heavy atom. The summed E-state index contributed by atoms with van der Waals surface area (Å²) < 4.78 is 18.9. The molecule has 2 N–H and O–H groups in total. The van der Waals surface area contributed by atoms with E-state index in [1.54, 1.807) is 17.2 Å². The van der Waals surface area contributed by atoms with Crippen molar-refractivity contribution < 1.29 is 9.18 Å². The van der Waals surface area contributed by atoms with Crippen molar-refractivity contribution in [3.8, 4) is 11.5 Å². The van der Waals surface area contributed by atoms with Crippen molar-refractivity contribution in [1.82, 2.24) is 24.0 Å². The number of nitrogens with zero attached hydrogens (tertiary/aromatic N) is 5. The van der Waals surface area contributed by atoms with E-state index in [0.717, 1.165) is 36.1 Å². The van der Waals surface area contributed by atoms with Crippen molar-refractivity contribution in [3.05, 3.63) is 47.9 Å². The molecule has 1 aromatic carbocycles. The molecule has 5 rings (SSSR count). The van der Waals surface area contributed by atoms with E-state index in [-0.39, 0.29) is 17.5 Å². The number of aryl methyl sites for hydroxylation is 2. The van der Waals surface area contributed by atoms with Gasteiger partial charge in [0.25, 0.3) is 5.91 Å². The number of imidazole rings is 1. The van der Waals surface area contributed by atoms with Crippen LogP contribution in [0.3, 0.4) is 0 Å². The average molecular weight is 420 g/mol. The standard InChI is InChI=1S/C23H25FN6O/c1-3-30-20(10-14-6-4-8-26-21(14)30)22-27-18-11-16(17(24)12-19(18)28(22)2)23(31)29-9-5-7-15(25)13-29/h4,6,8,10-12,15H,3,5,7,9,13,25H2,1-2H3. The van der Waals surface area contributed by atoms with Gasteiger partial charge in [0.1, 0.15) is 11.5 Å². The minimum atomic E-state index is -0.538. The van der Waals surface area contributed by atoms with E-state index in [4.69, 9.17) is 10.7 Å². The first kappa shape index (κ1) is 19.7. The minimum absolute atomic E-state index is 0.0453. The molecular formula is C23H25FN6O. The number of benzene rings is 1. The number of piperidine rings is 1. The van der Waals surface area contributed by atoms with E-state index in [0.29, 0.717) is 29.9 Å². The van der Waals surface area contributed by atoms with Gasteiger partial charge in [-0.15, -0.1) is 0 Å². The number of likely N-dealkylation sites (tertiary alicyclic amines) is 1. The number of fused-ring (bicyclic) bond motifs is 2. The fraction of sp³-hybridized carbons (Fsp3) is 0.348. The number of pyridine rings is 1. The van der Waals surface area contributed by atoms with Gasteiger partial charge >= 0.3 is 0 Å². The molecule has 1 saturated heterocycles. The summed E-state index contributed by atoms with van der Waals surface area (Å²) >= 11 is 0. The van der Waals surface area contributed by atoms with E-state index < -0.39 is 5.82 Å². The smallest absolute Gasteiger partial charge is 0.256 e. The predicted octanol–water partition coefficient (Wildman–Crippen LogP) is 3.31. The first-order valence-electron chi connectivity index (χ1n) is 10.6. The maximum atomic E-state index is 15.0. The number of carbonyl (C=O) groups excluding carboxylic acids is 1. The lowest BCUT2D eigenvalue weighted by Gasteiger charge is -2.30. The van der Waals surface area contributed by atoms with Crippen LogP contribution in [0.2, 0.25) is 0 Å². The van der Waals surface area contributed by atoms with Crippen LogP contribution < -0.4 is 5.73 Å². The number of nitrogens with two attached hydrogens (primary N) is 1. The quantitative estimate of drug-likeness (QED) is 0.551. The molecule has 1 aliphatic rings. The lowest BCUT2D eigenvalue weighted by atomic mass is 10.0. The van der Waals surface area contributed by atoms with E-state index in [1.165, 1.54) is 6.07 Å². The zero-order valence-electron chi connectivity index (χ0n) is 17.7. The lowest BCUT2D eigenvalue weighted by molar-refractivity contribution is 0.0704. The first-order valence-corrected chi connectivity index (χ1v) is 10.6. The van der Waals surface area contributed by atoms with Crippen LogP contribution in [-0.2, 0) is 13.6 Å². The van der Waals surface area contributed by atoms with Gasteiger partial charge in [0.2, 0.25) is 0 Å². The molecule has 160 valence electrons. The maximum Gasteiger partial charge on any atom is 0.256 e. The fourth-order valence-electron chi connectivity index (χ4n) is 4.56. The molecule has 1 amide bonds. The van der Waals surface area contributed by atoms with Crippen LogP contribution >= 0.6 is 0 Å². The Bertz CT molecular complexity index is 1310. The molecule has 1 unspecified atom stereocenters. The molecule has 31 heavy (non-hydrogen) atoms. The van der Waals surface area contributed by atoms with Crippen molar-refractivity contribution in [2.75, 3.05) is 13.1 Å². The number of halogens is 1. The Morgan fingerprint density at radius 2 is 2.16 bits per heavy atom. The van der Waals surface area contributed by atoms with Gasteiger partial charge in [-0.05, 0) is 44.0 Å². The summed E-state index contributed by atoms with van der Waals surface area (Å²) in [5, 5.41) is 1.02. The number of carbonyl (C=O) groups is 1. The Labute approximate surface area is 179 Å². The van der Waals surface area contributed by atoms with Crippen LogP contribution in [0.15, 0.2) is 36.5 Å². The topological polar surface area (TPSA) is 82.0 Å². The third-order valence-corrected chi connectivity index (χ3v) is 6.15. The van der Waals surface area contributed by atoms with Gasteiger partial charge in [-0.2, -0.15) is 0 Å². The van der Waals surface area contributed by atoms with Gasteiger partial charge < -0.3 is 19.8 Å². The van der Waals surface area contributed by atoms with E-state index in [9.17, 15) is 9.18 Å². The van der Waals surface area contributed by atoms with Crippen molar-refractivity contribution in [3.63, 3.8) is 0 Å². The maximum absolute atomic E-state index is 15.0. The molecule has 0 bridgehead atoms. The highest BCUT2D eigenvalue weighted by Crippen LogP contribution is 2.30. The minimum Gasteiger partial charge on any atom is -0.337 e. The molecule has 4 heterocycles. The summed E-state index contributed by atoms with van der Waals surface area (Å²) in [7, 11) is 1.86. The Balaban J connectivity index is 1.61. The molecule has 8 heteroatoms. The molecule has 0 aliphatic carbocycles. The van der Waals surface area contributed by atoms with Crippen molar-refractivity contribution >= 4 is 28.0 Å². The van der Waals surface area contributed by atoms with Crippen molar-refractivity contribution in [1.29, 1.82) is 0 Å². The highest BCUT2D eigenvalue weighted by atomic mass is 19.1. The van der Waals surface area contributed by atoms with Gasteiger partial charge in [0.15, 0.2) is 5.82 Å². The molecule has 1 fully saturated rings. The molecule has 0 radical (unpaired) electrons. The second kappa shape index (κ2) is 7.46. The van der Waals surface area contributed by atoms with Gasteiger partial charge in [0, 0.05) is 50.4 Å². The number of amides is 1. The summed E-state index contributed by atoms with van der Waals surface area (Å²) in [5.41, 5.74) is 9.07. The molecular weight excluding hydrogens is 395 g/mol. The SMILES string of the molecule is CCn1c(-c2nc3cc(C(=O)N4CCCC(N)C4)c(F)cc3n2C)cc2cccnc21. The largest absolute Gasteiger partial charge is 0.337 e. The number of aromatic nitrogens is 4. The zero-order chi connectivity index (χ0) is 21.7. The monoisotopic (exact) mass is 420 g/mol. The van der Waals surface area contributed by atoms with Gasteiger partial charge in [-0.1, -0.05) is 0 Å². The highest BCUT2D eigenvalue weighted by Gasteiger charge is 2.26. The third kappa shape index (κ3) is 3.18. The van der Waals surface area contributed by atoms with Crippen molar-refractivity contribution in [2.45, 2.75) is 32.4 Å². The number of rotatable bonds is 3. The molecule has 0 spiro atoms. The molecule has 0 saturated carbocycles. The van der Waals surface area contributed by atoms with E-state index >= 15 is 0 Å². The Morgan fingerprint density at radius 1 is 1.32 bits per heavy atom. The normalized spacial score (nSPS) is 17.0. The predicted molar refractivity (Wildman–Crippen MR) is 118 cm³/mol. The molecule has 7 nitrogen and oxygen atoms in total. The summed E-state index contributed by atoms with van der Waals surface area (Å²) in [6.07, 6.45) is 3.49. The summed E-state index contributed by atoms with van der Waals surface area (Å²) in [6, 6.07) is 8.87. The summed E-state index contributed by atoms with van der Waals surface area (Å²) in [4.78, 5) is 23.9. The second-order valence-corrected chi connectivity index (χ2v) is 8.16. The Kier molecular flexibility index (Phi) is 4.74. The molecule has 3 aromatic heterocycles. The lowest BCUT2D eigenvalue weighted by Crippen LogP contribution is -2.45. The highest BCUT2D eigenvalue weighted by molar-refractivity contribution is 5.98. The molecule has 1 aliphatic heterocycles. The van der Waals surface area contributed by atoms with Crippen LogP contribution in [0.1, 0.15) is 30.1 Å². The Hall–Kier alpha value is -3.26. The van der Waals surface area contributed by atoms with E-state index in [1.807, 2.05) is 29.8 Å². The van der Waals surface area contributed by atoms with Crippen LogP contribution in [0.5, 0.6) is 0 Å².